The molecule has 2 N–H and O–H groups in total. The Morgan fingerprint density at radius 1 is 0.828 bits per heavy atom. The van der Waals surface area contributed by atoms with E-state index in [0.717, 1.165) is 17.6 Å². The van der Waals surface area contributed by atoms with Crippen molar-refractivity contribution in [2.45, 2.75) is 39.0 Å². The fourth-order valence-corrected chi connectivity index (χ4v) is 5.54. The maximum Gasteiger partial charge on any atom is 0.127 e. The molecule has 0 radical (unpaired) electrons. The number of ether oxygens (including phenoxy) is 1. The molecule has 0 bridgehead atoms. The summed E-state index contributed by atoms with van der Waals surface area (Å²) in [4.78, 5) is 0. The molecule has 0 spiro atoms. The molecule has 0 heterocycles. The highest BCUT2D eigenvalue weighted by Gasteiger charge is 2.22. The fraction of sp³-hybridized carbons (Fsp3) is 0.280. The quantitative estimate of drug-likeness (QED) is 0.511. The minimum atomic E-state index is -0.676. The summed E-state index contributed by atoms with van der Waals surface area (Å²) < 4.78 is 6.11. The van der Waals surface area contributed by atoms with E-state index in [1.807, 2.05) is 49.4 Å². The van der Waals surface area contributed by atoms with E-state index in [9.17, 15) is 5.11 Å². The van der Waals surface area contributed by atoms with Crippen LogP contribution in [0.3, 0.4) is 0 Å². The van der Waals surface area contributed by atoms with Gasteiger partial charge in [0.1, 0.15) is 5.75 Å². The van der Waals surface area contributed by atoms with Gasteiger partial charge >= 0.3 is 0 Å². The van der Waals surface area contributed by atoms with Crippen molar-refractivity contribution in [1.29, 1.82) is 0 Å². The first-order valence-corrected chi connectivity index (χ1v) is 11.6. The number of para-hydroxylation sites is 1. The van der Waals surface area contributed by atoms with Gasteiger partial charge in [-0.15, -0.1) is 0 Å². The lowest BCUT2D eigenvalue weighted by Crippen LogP contribution is -2.35. The van der Waals surface area contributed by atoms with Crippen LogP contribution in [0.25, 0.3) is 0 Å². The summed E-state index contributed by atoms with van der Waals surface area (Å²) in [7, 11) is -0.676. The molecule has 0 unspecified atom stereocenters. The van der Waals surface area contributed by atoms with Gasteiger partial charge in [0.2, 0.25) is 0 Å². The number of rotatable bonds is 9. The molecule has 0 amide bonds. The van der Waals surface area contributed by atoms with Crippen molar-refractivity contribution in [2.24, 2.45) is 0 Å². The minimum Gasteiger partial charge on any atom is -0.490 e. The zero-order chi connectivity index (χ0) is 20.6. The lowest BCUT2D eigenvalue weighted by Gasteiger charge is -2.26. The molecule has 0 aromatic heterocycles. The van der Waals surface area contributed by atoms with Crippen molar-refractivity contribution >= 4 is 18.5 Å². The molecule has 3 aromatic rings. The van der Waals surface area contributed by atoms with Crippen LogP contribution in [0.4, 0.5) is 0 Å². The molecular weight excluding hydrogens is 377 g/mol. The van der Waals surface area contributed by atoms with Crippen LogP contribution in [0.1, 0.15) is 32.4 Å². The van der Waals surface area contributed by atoms with Gasteiger partial charge in [0, 0.05) is 17.6 Å². The largest absolute Gasteiger partial charge is 0.490 e. The second-order valence-corrected chi connectivity index (χ2v) is 9.57. The zero-order valence-electron chi connectivity index (χ0n) is 17.3. The molecule has 0 saturated heterocycles. The summed E-state index contributed by atoms with van der Waals surface area (Å²) in [5.74, 6) is 0.940. The molecule has 0 aliphatic carbocycles. The van der Waals surface area contributed by atoms with Gasteiger partial charge in [0.15, 0.2) is 0 Å². The maximum atomic E-state index is 10.7. The number of hydrogen-bond donors (Lipinski definition) is 2. The van der Waals surface area contributed by atoms with Crippen LogP contribution < -0.4 is 20.7 Å². The first kappa shape index (κ1) is 21.5. The molecule has 0 saturated carbocycles. The summed E-state index contributed by atoms with van der Waals surface area (Å²) in [6.45, 7) is 6.14. The molecule has 0 fully saturated rings. The summed E-state index contributed by atoms with van der Waals surface area (Å²) >= 11 is 0. The van der Waals surface area contributed by atoms with Gasteiger partial charge in [0.05, 0.1) is 12.2 Å². The predicted octanol–water partition coefficient (Wildman–Crippen LogP) is 4.58. The lowest BCUT2D eigenvalue weighted by atomic mass is 10.0. The van der Waals surface area contributed by atoms with Gasteiger partial charge < -0.3 is 15.2 Å². The van der Waals surface area contributed by atoms with Gasteiger partial charge in [-0.05, 0) is 45.6 Å². The molecule has 0 aliphatic rings. The second-order valence-electron chi connectivity index (χ2n) is 7.40. The Kier molecular flexibility index (Phi) is 7.83. The Morgan fingerprint density at radius 2 is 1.41 bits per heavy atom. The number of aliphatic hydroxyl groups is 1. The van der Waals surface area contributed by atoms with E-state index in [4.69, 9.17) is 4.74 Å². The van der Waals surface area contributed by atoms with Crippen LogP contribution in [0, 0.1) is 0 Å². The summed E-state index contributed by atoms with van der Waals surface area (Å²) in [5.41, 5.74) is 0.931. The minimum absolute atomic E-state index is 0.0655. The van der Waals surface area contributed by atoms with Gasteiger partial charge in [-0.1, -0.05) is 78.9 Å². The number of benzene rings is 3. The fourth-order valence-electron chi connectivity index (χ4n) is 3.24. The number of nitrogens with one attached hydrogen (secondary N) is 1. The highest BCUT2D eigenvalue weighted by atomic mass is 31.1. The first-order chi connectivity index (χ1) is 14.1. The van der Waals surface area contributed by atoms with E-state index in [0.29, 0.717) is 0 Å². The third kappa shape index (κ3) is 5.90. The molecule has 152 valence electrons. The van der Waals surface area contributed by atoms with Gasteiger partial charge in [-0.3, -0.25) is 0 Å². The predicted molar refractivity (Wildman–Crippen MR) is 124 cm³/mol. The van der Waals surface area contributed by atoms with Gasteiger partial charge in [-0.25, -0.2) is 0 Å². The Bertz CT molecular complexity index is 870. The van der Waals surface area contributed by atoms with Crippen molar-refractivity contribution in [3.05, 3.63) is 90.5 Å². The van der Waals surface area contributed by atoms with Gasteiger partial charge in [-0.2, -0.15) is 0 Å². The van der Waals surface area contributed by atoms with Gasteiger partial charge in [0.25, 0.3) is 0 Å². The molecule has 3 rings (SSSR count). The van der Waals surface area contributed by atoms with E-state index in [2.05, 4.69) is 61.6 Å². The highest BCUT2D eigenvalue weighted by Crippen LogP contribution is 2.36. The van der Waals surface area contributed by atoms with Crippen LogP contribution in [-0.4, -0.2) is 23.5 Å². The van der Waals surface area contributed by atoms with E-state index < -0.39 is 14.0 Å². The monoisotopic (exact) mass is 407 g/mol. The smallest absolute Gasteiger partial charge is 0.127 e. The van der Waals surface area contributed by atoms with E-state index >= 15 is 0 Å². The van der Waals surface area contributed by atoms with Crippen LogP contribution in [0.2, 0.25) is 0 Å². The second kappa shape index (κ2) is 10.5. The summed E-state index contributed by atoms with van der Waals surface area (Å²) in [6.07, 6.45) is 0.338. The zero-order valence-corrected chi connectivity index (χ0v) is 18.2. The maximum absolute atomic E-state index is 10.7. The van der Waals surface area contributed by atoms with Crippen LogP contribution in [-0.2, 0) is 0 Å². The standard InChI is InChI=1S/C25H30NO2P/c1-19(2)28-23-16-10-11-17-24(23)29(22-14-8-5-9-15-22)18-26-20(3)25(27)21-12-6-4-7-13-21/h4-17,19-20,25-27H,18H2,1-3H3/t20-,25-,29-/m0/s1. The molecule has 3 nitrogen and oxygen atoms in total. The van der Waals surface area contributed by atoms with Crippen LogP contribution in [0.15, 0.2) is 84.9 Å². The topological polar surface area (TPSA) is 41.5 Å². The van der Waals surface area contributed by atoms with E-state index in [1.165, 1.54) is 10.6 Å². The number of aliphatic hydroxyl groups excluding tert-OH is 1. The Morgan fingerprint density at radius 3 is 2.07 bits per heavy atom. The Labute approximate surface area is 175 Å². The first-order valence-electron chi connectivity index (χ1n) is 10.1. The van der Waals surface area contributed by atoms with Crippen molar-refractivity contribution in [3.63, 3.8) is 0 Å². The molecule has 4 heteroatoms. The Balaban J connectivity index is 1.83. The highest BCUT2D eigenvalue weighted by molar-refractivity contribution is 7.73. The SMILES string of the molecule is CC(C)Oc1ccccc1[P@@](CN[C@@H](C)[C@H](O)c1ccccc1)c1ccccc1. The normalized spacial score (nSPS) is 14.4. The molecule has 29 heavy (non-hydrogen) atoms. The summed E-state index contributed by atoms with van der Waals surface area (Å²) in [6, 6.07) is 28.6. The molecule has 3 aromatic carbocycles. The van der Waals surface area contributed by atoms with Crippen molar-refractivity contribution in [1.82, 2.24) is 5.32 Å². The lowest BCUT2D eigenvalue weighted by molar-refractivity contribution is 0.139. The third-order valence-electron chi connectivity index (χ3n) is 4.77. The van der Waals surface area contributed by atoms with Crippen LogP contribution in [0.5, 0.6) is 5.75 Å². The van der Waals surface area contributed by atoms with Crippen molar-refractivity contribution in [2.75, 3.05) is 6.29 Å². The molecular formula is C25H30NO2P. The average Bonchev–Trinajstić information content (AvgIpc) is 2.75. The van der Waals surface area contributed by atoms with Crippen molar-refractivity contribution in [3.8, 4) is 5.75 Å². The van der Waals surface area contributed by atoms with E-state index in [1.54, 1.807) is 0 Å². The summed E-state index contributed by atoms with van der Waals surface area (Å²) in [5, 5.41) is 16.8. The molecule has 0 aliphatic heterocycles. The van der Waals surface area contributed by atoms with Crippen LogP contribution >= 0.6 is 7.92 Å². The van der Waals surface area contributed by atoms with Crippen molar-refractivity contribution < 1.29 is 9.84 Å². The third-order valence-corrected chi connectivity index (χ3v) is 7.14. The molecule has 3 atom stereocenters. The Hall–Kier alpha value is -2.19. The average molecular weight is 407 g/mol. The van der Waals surface area contributed by atoms with E-state index in [-0.39, 0.29) is 12.1 Å². The number of hydrogen-bond acceptors (Lipinski definition) is 3.